The van der Waals surface area contributed by atoms with Gasteiger partial charge in [0.1, 0.15) is 0 Å². The molecule has 1 aromatic rings. The first-order valence-corrected chi connectivity index (χ1v) is 8.18. The van der Waals surface area contributed by atoms with Crippen LogP contribution in [0.25, 0.3) is 0 Å². The smallest absolute Gasteiger partial charge is 0.0507 e. The van der Waals surface area contributed by atoms with Crippen LogP contribution in [0.2, 0.25) is 0 Å². The zero-order valence-electron chi connectivity index (χ0n) is 12.1. The SMILES string of the molecule is CC(C)N(CCNCC1CCOC1)Cc1cccs1. The Morgan fingerprint density at radius 1 is 1.53 bits per heavy atom. The van der Waals surface area contributed by atoms with E-state index < -0.39 is 0 Å². The van der Waals surface area contributed by atoms with Crippen LogP contribution in [-0.4, -0.2) is 43.8 Å². The van der Waals surface area contributed by atoms with Crippen molar-refractivity contribution in [1.29, 1.82) is 0 Å². The van der Waals surface area contributed by atoms with E-state index in [1.54, 1.807) is 0 Å². The Balaban J connectivity index is 1.65. The van der Waals surface area contributed by atoms with E-state index in [4.69, 9.17) is 4.74 Å². The molecule has 0 saturated carbocycles. The molecule has 1 saturated heterocycles. The molecule has 0 aliphatic carbocycles. The minimum absolute atomic E-state index is 0.596. The highest BCUT2D eigenvalue weighted by Gasteiger charge is 2.15. The highest BCUT2D eigenvalue weighted by molar-refractivity contribution is 7.09. The van der Waals surface area contributed by atoms with Crippen molar-refractivity contribution in [3.05, 3.63) is 22.4 Å². The maximum absolute atomic E-state index is 5.39. The van der Waals surface area contributed by atoms with Crippen LogP contribution in [-0.2, 0) is 11.3 Å². The van der Waals surface area contributed by atoms with E-state index in [1.165, 1.54) is 11.3 Å². The third-order valence-electron chi connectivity index (χ3n) is 3.70. The molecule has 0 radical (unpaired) electrons. The van der Waals surface area contributed by atoms with Gasteiger partial charge < -0.3 is 10.1 Å². The van der Waals surface area contributed by atoms with Gasteiger partial charge in [-0.3, -0.25) is 4.90 Å². The summed E-state index contributed by atoms with van der Waals surface area (Å²) in [5.74, 6) is 0.727. The molecule has 1 aliphatic rings. The predicted molar refractivity (Wildman–Crippen MR) is 81.7 cm³/mol. The van der Waals surface area contributed by atoms with Crippen molar-refractivity contribution in [2.75, 3.05) is 32.8 Å². The van der Waals surface area contributed by atoms with Crippen molar-refractivity contribution in [1.82, 2.24) is 10.2 Å². The maximum atomic E-state index is 5.39. The van der Waals surface area contributed by atoms with Crippen molar-refractivity contribution in [3.63, 3.8) is 0 Å². The van der Waals surface area contributed by atoms with Crippen LogP contribution in [0, 0.1) is 5.92 Å². The Kier molecular flexibility index (Phi) is 6.31. The van der Waals surface area contributed by atoms with E-state index >= 15 is 0 Å². The molecule has 1 aromatic heterocycles. The molecule has 2 rings (SSSR count). The molecule has 1 N–H and O–H groups in total. The summed E-state index contributed by atoms with van der Waals surface area (Å²) >= 11 is 1.85. The molecule has 0 spiro atoms. The lowest BCUT2D eigenvalue weighted by Crippen LogP contribution is -2.37. The lowest BCUT2D eigenvalue weighted by molar-refractivity contribution is 0.183. The number of hydrogen-bond acceptors (Lipinski definition) is 4. The number of hydrogen-bond donors (Lipinski definition) is 1. The quantitative estimate of drug-likeness (QED) is 0.742. The standard InChI is InChI=1S/C15H26N2OS/c1-13(2)17(11-15-4-3-9-19-15)7-6-16-10-14-5-8-18-12-14/h3-4,9,13-14,16H,5-8,10-12H2,1-2H3. The Bertz CT molecular complexity index is 334. The largest absolute Gasteiger partial charge is 0.381 e. The molecule has 4 heteroatoms. The second-order valence-corrected chi connectivity index (χ2v) is 6.61. The van der Waals surface area contributed by atoms with E-state index in [-0.39, 0.29) is 0 Å². The molecule has 0 bridgehead atoms. The Hall–Kier alpha value is -0.420. The van der Waals surface area contributed by atoms with Gasteiger partial charge in [0.15, 0.2) is 0 Å². The van der Waals surface area contributed by atoms with Crippen molar-refractivity contribution in [2.45, 2.75) is 32.9 Å². The molecule has 1 unspecified atom stereocenters. The van der Waals surface area contributed by atoms with Crippen LogP contribution in [0.3, 0.4) is 0 Å². The van der Waals surface area contributed by atoms with Gasteiger partial charge in [-0.2, -0.15) is 0 Å². The number of rotatable bonds is 8. The molecule has 108 valence electrons. The molecule has 0 amide bonds. The van der Waals surface area contributed by atoms with Gasteiger partial charge in [-0.05, 0) is 37.6 Å². The summed E-state index contributed by atoms with van der Waals surface area (Å²) in [5, 5.41) is 5.73. The second-order valence-electron chi connectivity index (χ2n) is 5.58. The van der Waals surface area contributed by atoms with Crippen molar-refractivity contribution < 1.29 is 4.74 Å². The molecule has 1 aliphatic heterocycles. The number of thiophene rings is 1. The summed E-state index contributed by atoms with van der Waals surface area (Å²) < 4.78 is 5.39. The highest BCUT2D eigenvalue weighted by Crippen LogP contribution is 2.13. The fourth-order valence-electron chi connectivity index (χ4n) is 2.40. The van der Waals surface area contributed by atoms with Gasteiger partial charge >= 0.3 is 0 Å². The van der Waals surface area contributed by atoms with Crippen LogP contribution in [0.1, 0.15) is 25.1 Å². The van der Waals surface area contributed by atoms with Gasteiger partial charge in [-0.25, -0.2) is 0 Å². The summed E-state index contributed by atoms with van der Waals surface area (Å²) in [5.41, 5.74) is 0. The van der Waals surface area contributed by atoms with Gasteiger partial charge in [0, 0.05) is 43.7 Å². The third kappa shape index (κ3) is 5.22. The zero-order chi connectivity index (χ0) is 13.5. The maximum Gasteiger partial charge on any atom is 0.0507 e. The first-order chi connectivity index (χ1) is 9.25. The molecule has 3 nitrogen and oxygen atoms in total. The summed E-state index contributed by atoms with van der Waals surface area (Å²) in [6.07, 6.45) is 1.22. The number of ether oxygens (including phenoxy) is 1. The van der Waals surface area contributed by atoms with Gasteiger partial charge in [0.25, 0.3) is 0 Å². The Labute approximate surface area is 121 Å². The van der Waals surface area contributed by atoms with Crippen LogP contribution in [0.4, 0.5) is 0 Å². The van der Waals surface area contributed by atoms with Gasteiger partial charge in [-0.15, -0.1) is 11.3 Å². The van der Waals surface area contributed by atoms with Crippen LogP contribution in [0.5, 0.6) is 0 Å². The minimum Gasteiger partial charge on any atom is -0.381 e. The Morgan fingerprint density at radius 2 is 2.42 bits per heavy atom. The average molecular weight is 282 g/mol. The highest BCUT2D eigenvalue weighted by atomic mass is 32.1. The molecule has 19 heavy (non-hydrogen) atoms. The predicted octanol–water partition coefficient (Wildman–Crippen LogP) is 2.58. The summed E-state index contributed by atoms with van der Waals surface area (Å²) in [7, 11) is 0. The zero-order valence-corrected chi connectivity index (χ0v) is 12.9. The molecule has 1 fully saturated rings. The summed E-state index contributed by atoms with van der Waals surface area (Å²) in [6.45, 7) is 10.8. The van der Waals surface area contributed by atoms with Crippen LogP contribution >= 0.6 is 11.3 Å². The van der Waals surface area contributed by atoms with E-state index in [1.807, 2.05) is 11.3 Å². The monoisotopic (exact) mass is 282 g/mol. The third-order valence-corrected chi connectivity index (χ3v) is 4.56. The first kappa shape index (κ1) is 15.0. The summed E-state index contributed by atoms with van der Waals surface area (Å²) in [4.78, 5) is 3.99. The lowest BCUT2D eigenvalue weighted by atomic mass is 10.1. The fraction of sp³-hybridized carbons (Fsp3) is 0.733. The van der Waals surface area contributed by atoms with E-state index in [0.29, 0.717) is 6.04 Å². The minimum atomic E-state index is 0.596. The van der Waals surface area contributed by atoms with Crippen LogP contribution in [0.15, 0.2) is 17.5 Å². The second kappa shape index (κ2) is 8.00. The molecule has 2 heterocycles. The van der Waals surface area contributed by atoms with Crippen LogP contribution < -0.4 is 5.32 Å². The van der Waals surface area contributed by atoms with Gasteiger partial charge in [0.05, 0.1) is 6.61 Å². The Morgan fingerprint density at radius 3 is 3.05 bits per heavy atom. The topological polar surface area (TPSA) is 24.5 Å². The lowest BCUT2D eigenvalue weighted by Gasteiger charge is -2.26. The van der Waals surface area contributed by atoms with Gasteiger partial charge in [0.2, 0.25) is 0 Å². The van der Waals surface area contributed by atoms with E-state index in [2.05, 4.69) is 41.6 Å². The summed E-state index contributed by atoms with van der Waals surface area (Å²) in [6, 6.07) is 4.96. The van der Waals surface area contributed by atoms with E-state index in [0.717, 1.165) is 45.3 Å². The average Bonchev–Trinajstić information content (AvgIpc) is 3.05. The number of nitrogens with zero attached hydrogens (tertiary/aromatic N) is 1. The molecule has 1 atom stereocenters. The molecular weight excluding hydrogens is 256 g/mol. The molecular formula is C15H26N2OS. The van der Waals surface area contributed by atoms with Gasteiger partial charge in [-0.1, -0.05) is 6.07 Å². The van der Waals surface area contributed by atoms with E-state index in [9.17, 15) is 0 Å². The first-order valence-electron chi connectivity index (χ1n) is 7.30. The fourth-order valence-corrected chi connectivity index (χ4v) is 3.13. The van der Waals surface area contributed by atoms with Crippen molar-refractivity contribution >= 4 is 11.3 Å². The van der Waals surface area contributed by atoms with Crippen molar-refractivity contribution in [2.24, 2.45) is 5.92 Å². The normalized spacial score (nSPS) is 19.7. The van der Waals surface area contributed by atoms with Crippen molar-refractivity contribution in [3.8, 4) is 0 Å². The molecule has 0 aromatic carbocycles. The number of nitrogens with one attached hydrogen (secondary N) is 1.